The summed E-state index contributed by atoms with van der Waals surface area (Å²) in [5.41, 5.74) is 2.37. The van der Waals surface area contributed by atoms with Crippen LogP contribution in [0, 0.1) is 11.7 Å². The summed E-state index contributed by atoms with van der Waals surface area (Å²) >= 11 is 5.45. The zero-order valence-corrected chi connectivity index (χ0v) is 13.4. The maximum atomic E-state index is 13.6. The van der Waals surface area contributed by atoms with E-state index in [0.29, 0.717) is 11.2 Å². The van der Waals surface area contributed by atoms with Gasteiger partial charge in [-0.2, -0.15) is 11.8 Å². The molecule has 0 amide bonds. The lowest BCUT2D eigenvalue weighted by molar-refractivity contribution is 0.444. The summed E-state index contributed by atoms with van der Waals surface area (Å²) in [4.78, 5) is 0. The summed E-state index contributed by atoms with van der Waals surface area (Å²) in [6.45, 7) is 7.48. The molecule has 1 aromatic carbocycles. The Morgan fingerprint density at radius 2 is 2.22 bits per heavy atom. The van der Waals surface area contributed by atoms with Gasteiger partial charge in [0.05, 0.1) is 0 Å². The first-order valence-electron chi connectivity index (χ1n) is 6.37. The fourth-order valence-electron chi connectivity index (χ4n) is 2.53. The molecule has 1 N–H and O–H groups in total. The molecule has 100 valence electrons. The number of hydrogen-bond donors (Lipinski definition) is 1. The monoisotopic (exact) mass is 331 g/mol. The zero-order chi connectivity index (χ0) is 13.3. The first kappa shape index (κ1) is 14.4. The largest absolute Gasteiger partial charge is 0.309 e. The van der Waals surface area contributed by atoms with Crippen LogP contribution in [0.5, 0.6) is 0 Å². The smallest absolute Gasteiger partial charge is 0.124 e. The summed E-state index contributed by atoms with van der Waals surface area (Å²) in [7, 11) is 0. The average molecular weight is 332 g/mol. The van der Waals surface area contributed by atoms with E-state index in [4.69, 9.17) is 0 Å². The van der Waals surface area contributed by atoms with Gasteiger partial charge in [-0.25, -0.2) is 4.39 Å². The van der Waals surface area contributed by atoms with Crippen LogP contribution in [0.3, 0.4) is 0 Å². The van der Waals surface area contributed by atoms with Gasteiger partial charge in [0.25, 0.3) is 0 Å². The normalized spacial score (nSPS) is 23.2. The van der Waals surface area contributed by atoms with Crippen LogP contribution < -0.4 is 5.32 Å². The Kier molecular flexibility index (Phi) is 4.73. The highest BCUT2D eigenvalue weighted by Gasteiger charge is 2.32. The lowest BCUT2D eigenvalue weighted by Crippen LogP contribution is -2.36. The fourth-order valence-corrected chi connectivity index (χ4v) is 4.80. The van der Waals surface area contributed by atoms with E-state index in [1.54, 1.807) is 12.1 Å². The molecule has 0 aromatic heterocycles. The number of fused-ring (bicyclic) bond motifs is 1. The number of thioether (sulfide) groups is 1. The molecule has 1 aliphatic heterocycles. The second-order valence-corrected chi connectivity index (χ2v) is 7.03. The van der Waals surface area contributed by atoms with Crippen LogP contribution in [-0.2, 0) is 5.75 Å². The van der Waals surface area contributed by atoms with Crippen molar-refractivity contribution in [2.45, 2.75) is 37.8 Å². The SMILES string of the molecule is CCNC1c2cc(F)cc(Br)c2CSC1C(C)C. The van der Waals surface area contributed by atoms with E-state index in [1.165, 1.54) is 5.56 Å². The van der Waals surface area contributed by atoms with E-state index in [-0.39, 0.29) is 11.9 Å². The van der Waals surface area contributed by atoms with E-state index in [1.807, 2.05) is 11.8 Å². The molecule has 0 bridgehead atoms. The number of nitrogens with one attached hydrogen (secondary N) is 1. The molecule has 1 heterocycles. The van der Waals surface area contributed by atoms with Crippen LogP contribution in [0.2, 0.25) is 0 Å². The van der Waals surface area contributed by atoms with Crippen LogP contribution in [0.25, 0.3) is 0 Å². The Bertz CT molecular complexity index is 436. The van der Waals surface area contributed by atoms with E-state index in [9.17, 15) is 4.39 Å². The van der Waals surface area contributed by atoms with Gasteiger partial charge in [0, 0.05) is 21.5 Å². The minimum Gasteiger partial charge on any atom is -0.309 e. The summed E-state index contributed by atoms with van der Waals surface area (Å²) in [5.74, 6) is 1.38. The van der Waals surface area contributed by atoms with Crippen molar-refractivity contribution >= 4 is 27.7 Å². The Hall–Kier alpha value is -0.0600. The summed E-state index contributed by atoms with van der Waals surface area (Å²) < 4.78 is 14.5. The summed E-state index contributed by atoms with van der Waals surface area (Å²) in [6.07, 6.45) is 0. The van der Waals surface area contributed by atoms with E-state index < -0.39 is 0 Å². The van der Waals surface area contributed by atoms with Gasteiger partial charge in [-0.1, -0.05) is 36.7 Å². The topological polar surface area (TPSA) is 12.0 Å². The lowest BCUT2D eigenvalue weighted by atomic mass is 9.92. The zero-order valence-electron chi connectivity index (χ0n) is 11.0. The standard InChI is InChI=1S/C14H19BrFNS/c1-4-17-13-10-5-9(16)6-12(15)11(10)7-18-14(13)8(2)3/h5-6,8,13-14,17H,4,7H2,1-3H3. The third-order valence-electron chi connectivity index (χ3n) is 3.36. The van der Waals surface area contributed by atoms with Crippen LogP contribution >= 0.6 is 27.7 Å². The first-order valence-corrected chi connectivity index (χ1v) is 8.21. The first-order chi connectivity index (χ1) is 8.54. The predicted octanol–water partition coefficient (Wildman–Crippen LogP) is 4.51. The highest BCUT2D eigenvalue weighted by molar-refractivity contribution is 9.10. The highest BCUT2D eigenvalue weighted by atomic mass is 79.9. The quantitative estimate of drug-likeness (QED) is 0.874. The minimum atomic E-state index is -0.155. The van der Waals surface area contributed by atoms with Crippen molar-refractivity contribution < 1.29 is 4.39 Å². The van der Waals surface area contributed by atoms with Crippen molar-refractivity contribution in [1.82, 2.24) is 5.32 Å². The Labute approximate surface area is 121 Å². The molecule has 0 fully saturated rings. The van der Waals surface area contributed by atoms with Crippen molar-refractivity contribution in [3.63, 3.8) is 0 Å². The lowest BCUT2D eigenvalue weighted by Gasteiger charge is -2.36. The molecular formula is C14H19BrFNS. The molecule has 1 aromatic rings. The van der Waals surface area contributed by atoms with Crippen LogP contribution in [-0.4, -0.2) is 11.8 Å². The molecule has 0 spiro atoms. The Morgan fingerprint density at radius 1 is 1.50 bits per heavy atom. The van der Waals surface area contributed by atoms with Crippen molar-refractivity contribution in [3.8, 4) is 0 Å². The molecule has 1 aliphatic rings. The van der Waals surface area contributed by atoms with E-state index >= 15 is 0 Å². The van der Waals surface area contributed by atoms with Gasteiger partial charge in [-0.15, -0.1) is 0 Å². The molecule has 4 heteroatoms. The maximum Gasteiger partial charge on any atom is 0.124 e. The molecule has 2 rings (SSSR count). The Balaban J connectivity index is 2.45. The third-order valence-corrected chi connectivity index (χ3v) is 5.72. The van der Waals surface area contributed by atoms with Crippen LogP contribution in [0.4, 0.5) is 4.39 Å². The second-order valence-electron chi connectivity index (χ2n) is 5.01. The molecule has 0 radical (unpaired) electrons. The van der Waals surface area contributed by atoms with Gasteiger partial charge >= 0.3 is 0 Å². The minimum absolute atomic E-state index is 0.155. The van der Waals surface area contributed by atoms with Gasteiger partial charge in [0.1, 0.15) is 5.82 Å². The van der Waals surface area contributed by atoms with E-state index in [0.717, 1.165) is 22.3 Å². The molecule has 0 saturated carbocycles. The molecule has 18 heavy (non-hydrogen) atoms. The number of halogens is 2. The maximum absolute atomic E-state index is 13.6. The van der Waals surface area contributed by atoms with E-state index in [2.05, 4.69) is 42.0 Å². The summed E-state index contributed by atoms with van der Waals surface area (Å²) in [5, 5.41) is 4.02. The predicted molar refractivity (Wildman–Crippen MR) is 80.4 cm³/mol. The van der Waals surface area contributed by atoms with Crippen LogP contribution in [0.15, 0.2) is 16.6 Å². The molecular weight excluding hydrogens is 313 g/mol. The summed E-state index contributed by atoms with van der Waals surface area (Å²) in [6, 6.07) is 3.51. The van der Waals surface area contributed by atoms with Gasteiger partial charge in [0.15, 0.2) is 0 Å². The van der Waals surface area contributed by atoms with Gasteiger partial charge in [-0.3, -0.25) is 0 Å². The van der Waals surface area contributed by atoms with Gasteiger partial charge in [0.2, 0.25) is 0 Å². The number of hydrogen-bond acceptors (Lipinski definition) is 2. The Morgan fingerprint density at radius 3 is 2.83 bits per heavy atom. The van der Waals surface area contributed by atoms with Crippen molar-refractivity contribution in [2.24, 2.45) is 5.92 Å². The molecule has 2 unspecified atom stereocenters. The molecule has 1 nitrogen and oxygen atoms in total. The molecule has 0 saturated heterocycles. The van der Waals surface area contributed by atoms with Crippen molar-refractivity contribution in [3.05, 3.63) is 33.5 Å². The fraction of sp³-hybridized carbons (Fsp3) is 0.571. The van der Waals surface area contributed by atoms with Crippen molar-refractivity contribution in [1.29, 1.82) is 0 Å². The average Bonchev–Trinajstić information content (AvgIpc) is 2.29. The van der Waals surface area contributed by atoms with Gasteiger partial charge in [-0.05, 0) is 35.7 Å². The third kappa shape index (κ3) is 2.75. The number of rotatable bonds is 3. The highest BCUT2D eigenvalue weighted by Crippen LogP contribution is 2.43. The molecule has 0 aliphatic carbocycles. The molecule has 2 atom stereocenters. The van der Waals surface area contributed by atoms with Crippen molar-refractivity contribution in [2.75, 3.05) is 6.54 Å². The second kappa shape index (κ2) is 5.93. The number of benzene rings is 1. The van der Waals surface area contributed by atoms with Gasteiger partial charge < -0.3 is 5.32 Å². The van der Waals surface area contributed by atoms with Crippen LogP contribution in [0.1, 0.15) is 37.9 Å².